The van der Waals surface area contributed by atoms with Gasteiger partial charge in [-0.2, -0.15) is 0 Å². The summed E-state index contributed by atoms with van der Waals surface area (Å²) in [6, 6.07) is 13.6. The van der Waals surface area contributed by atoms with Crippen molar-refractivity contribution in [2.45, 2.75) is 25.4 Å². The monoisotopic (exact) mass is 969 g/mol. The number of rotatable bonds is 14. The van der Waals surface area contributed by atoms with E-state index in [-0.39, 0.29) is 27.7 Å². The van der Waals surface area contributed by atoms with Crippen LogP contribution in [0.15, 0.2) is 79.1 Å². The second kappa shape index (κ2) is 23.0. The third-order valence-electron chi connectivity index (χ3n) is 8.66. The number of hydrogen-bond acceptors (Lipinski definition) is 11. The predicted octanol–water partition coefficient (Wildman–Crippen LogP) is 6.80. The summed E-state index contributed by atoms with van der Waals surface area (Å²) < 4.78 is 61.2. The van der Waals surface area contributed by atoms with Crippen LogP contribution in [0, 0.1) is 26.8 Å². The summed E-state index contributed by atoms with van der Waals surface area (Å²) in [4.78, 5) is 40.3. The molecule has 0 saturated carbocycles. The average Bonchev–Trinajstić information content (AvgIpc) is 3.22. The number of benzene rings is 4. The largest absolute Gasteiger partial charge is 0.494 e. The van der Waals surface area contributed by atoms with Crippen LogP contribution in [0.25, 0.3) is 10.9 Å². The van der Waals surface area contributed by atoms with E-state index < -0.39 is 54.2 Å². The van der Waals surface area contributed by atoms with E-state index in [1.54, 1.807) is 30.3 Å². The van der Waals surface area contributed by atoms with Crippen molar-refractivity contribution in [3.05, 3.63) is 117 Å². The highest BCUT2D eigenvalue weighted by atomic mass is 127. The summed E-state index contributed by atoms with van der Waals surface area (Å²) in [5, 5.41) is 26.8. The second-order valence-corrected chi connectivity index (χ2v) is 14.6. The fraction of sp³-hybridized carbons (Fsp3) is 0.250. The van der Waals surface area contributed by atoms with Gasteiger partial charge in [-0.3, -0.25) is 19.3 Å². The zero-order valence-corrected chi connectivity index (χ0v) is 34.8. The van der Waals surface area contributed by atoms with Crippen LogP contribution in [-0.4, -0.2) is 88.4 Å². The first kappa shape index (κ1) is 47.5. The number of ether oxygens (including phenoxy) is 1. The topological polar surface area (TPSA) is 202 Å². The molecule has 0 radical (unpaired) electrons. The molecule has 0 spiro atoms. The molecule has 1 fully saturated rings. The smallest absolute Gasteiger partial charge is 0.277 e. The van der Waals surface area contributed by atoms with E-state index >= 15 is 0 Å². The maximum Gasteiger partial charge on any atom is 0.277 e. The number of nitrogens with one attached hydrogen (secondary N) is 4. The lowest BCUT2D eigenvalue weighted by Gasteiger charge is -2.24. The highest BCUT2D eigenvalue weighted by molar-refractivity contribution is 14.1. The lowest BCUT2D eigenvalue weighted by atomic mass is 10.1. The number of carbonyl (C=O) groups is 2. The molecule has 60 heavy (non-hydrogen) atoms. The molecule has 4 aromatic carbocycles. The molecule has 20 heteroatoms. The number of nitrogens with zero attached hydrogens (tertiary/aromatic N) is 3. The van der Waals surface area contributed by atoms with Gasteiger partial charge in [0, 0.05) is 33.3 Å². The fourth-order valence-corrected chi connectivity index (χ4v) is 6.32. The molecule has 1 aliphatic heterocycles. The van der Waals surface area contributed by atoms with Crippen molar-refractivity contribution in [2.24, 2.45) is 0 Å². The van der Waals surface area contributed by atoms with Crippen LogP contribution in [0.4, 0.5) is 46.1 Å². The number of aliphatic hydroxyl groups is 2. The van der Waals surface area contributed by atoms with Gasteiger partial charge >= 0.3 is 0 Å². The van der Waals surface area contributed by atoms with Crippen LogP contribution >= 0.6 is 34.2 Å². The first-order valence-electron chi connectivity index (χ1n) is 18.0. The second-order valence-electron chi connectivity index (χ2n) is 12.9. The van der Waals surface area contributed by atoms with Gasteiger partial charge in [-0.25, -0.2) is 33.0 Å². The Bertz CT molecular complexity index is 2310. The summed E-state index contributed by atoms with van der Waals surface area (Å²) >= 11 is 7.78. The molecule has 0 aliphatic carbocycles. The molecule has 320 valence electrons. The average molecular weight is 970 g/mol. The molecule has 2 heterocycles. The summed E-state index contributed by atoms with van der Waals surface area (Å²) in [5.41, 5.74) is 2.54. The normalized spacial score (nSPS) is 13.2. The van der Waals surface area contributed by atoms with Gasteiger partial charge in [0.1, 0.15) is 42.2 Å². The molecule has 0 unspecified atom stereocenters. The number of aliphatic hydroxyl groups excluding tert-OH is 2. The number of fused-ring (bicyclic) bond motifs is 1. The highest BCUT2D eigenvalue weighted by Gasteiger charge is 2.21. The maximum atomic E-state index is 14.2. The number of hydroxylamine groups is 1. The SMILES string of the molecule is COc1cc2ncnc(Nc3ccc(F)c(Cl)c3)c2cc1NC(=O)/C=C/CN1CCCCC1.O.O=C(NOC[C@H](O)CO)c1ccc(F)c(F)c1Nc1ccc(I)cc1F. The lowest BCUT2D eigenvalue weighted by molar-refractivity contribution is -0.111. The van der Waals surface area contributed by atoms with Crippen molar-refractivity contribution in [3.63, 3.8) is 0 Å². The van der Waals surface area contributed by atoms with Crippen molar-refractivity contribution >= 4 is 85.5 Å². The van der Waals surface area contributed by atoms with E-state index in [2.05, 4.69) is 35.7 Å². The molecular formula is C40H41ClF4IN7O7. The van der Waals surface area contributed by atoms with Gasteiger partial charge in [-0.05, 0) is 103 Å². The Labute approximate surface area is 360 Å². The summed E-state index contributed by atoms with van der Waals surface area (Å²) in [7, 11) is 1.53. The van der Waals surface area contributed by atoms with E-state index in [0.717, 1.165) is 31.8 Å². The predicted molar refractivity (Wildman–Crippen MR) is 228 cm³/mol. The number of carbonyl (C=O) groups excluding carboxylic acids is 2. The molecule has 0 bridgehead atoms. The molecule has 14 nitrogen and oxygen atoms in total. The van der Waals surface area contributed by atoms with Crippen LogP contribution in [0.1, 0.15) is 29.6 Å². The Balaban J connectivity index is 0.000000268. The molecule has 1 atom stereocenters. The van der Waals surface area contributed by atoms with Crippen molar-refractivity contribution in [1.82, 2.24) is 20.3 Å². The third-order valence-corrected chi connectivity index (χ3v) is 9.62. The minimum absolute atomic E-state index is 0. The molecule has 8 N–H and O–H groups in total. The number of piperidine rings is 1. The molecule has 2 amide bonds. The Morgan fingerprint density at radius 3 is 2.40 bits per heavy atom. The van der Waals surface area contributed by atoms with Gasteiger partial charge < -0.3 is 36.4 Å². The van der Waals surface area contributed by atoms with Crippen molar-refractivity contribution in [2.75, 3.05) is 55.9 Å². The van der Waals surface area contributed by atoms with Crippen LogP contribution < -0.4 is 26.2 Å². The van der Waals surface area contributed by atoms with Gasteiger partial charge in [0.2, 0.25) is 5.91 Å². The minimum Gasteiger partial charge on any atom is -0.494 e. The molecule has 5 aromatic rings. The van der Waals surface area contributed by atoms with Crippen molar-refractivity contribution in [3.8, 4) is 5.75 Å². The zero-order valence-electron chi connectivity index (χ0n) is 31.9. The number of anilines is 5. The first-order chi connectivity index (χ1) is 28.4. The lowest BCUT2D eigenvalue weighted by Crippen LogP contribution is -2.30. The number of halogens is 6. The van der Waals surface area contributed by atoms with E-state index in [9.17, 15) is 27.2 Å². The van der Waals surface area contributed by atoms with E-state index in [0.29, 0.717) is 37.4 Å². The minimum atomic E-state index is -1.37. The molecule has 1 aromatic heterocycles. The van der Waals surface area contributed by atoms with Gasteiger partial charge in [-0.15, -0.1) is 0 Å². The molecule has 6 rings (SSSR count). The zero-order chi connectivity index (χ0) is 42.5. The Morgan fingerprint density at radius 2 is 1.70 bits per heavy atom. The van der Waals surface area contributed by atoms with Gasteiger partial charge in [0.25, 0.3) is 5.91 Å². The van der Waals surface area contributed by atoms with Gasteiger partial charge in [0.05, 0.1) is 46.9 Å². The quantitative estimate of drug-likeness (QED) is 0.0296. The summed E-state index contributed by atoms with van der Waals surface area (Å²) in [6.45, 7) is 1.89. The van der Waals surface area contributed by atoms with Crippen LogP contribution in [0.2, 0.25) is 5.02 Å². The molecule has 1 saturated heterocycles. The summed E-state index contributed by atoms with van der Waals surface area (Å²) in [6.07, 6.45) is 7.29. The third kappa shape index (κ3) is 13.2. The number of aromatic nitrogens is 2. The van der Waals surface area contributed by atoms with Gasteiger partial charge in [0.15, 0.2) is 11.6 Å². The first-order valence-corrected chi connectivity index (χ1v) is 19.5. The standard InChI is InChI=1S/C24H25ClFN5O2.C16H14F3IN2O4.H2O/c1-33-22-14-20-17(24(28-15-27-20)29-16-7-8-19(26)18(25)12-16)13-21(22)30-23(32)6-5-11-31-9-3-2-4-10-31;17-11-3-2-10(16(25)22-26-7-9(24)6-23)15(14(11)19)21-13-4-1-8(20)5-12(13)18;/h5-8,12-15H,2-4,9-11H2,1H3,(H,30,32)(H,27,28,29);1-5,9,21,23-24H,6-7H2,(H,22,25);1H2/b6-5+;;/t;9-;/m.1./s1. The Morgan fingerprint density at radius 1 is 0.950 bits per heavy atom. The van der Waals surface area contributed by atoms with Gasteiger partial charge in [-0.1, -0.05) is 24.1 Å². The van der Waals surface area contributed by atoms with Crippen molar-refractivity contribution in [1.29, 1.82) is 0 Å². The number of amides is 2. The molecule has 1 aliphatic rings. The van der Waals surface area contributed by atoms with Crippen LogP contribution in [-0.2, 0) is 9.63 Å². The Kier molecular flexibility index (Phi) is 18.2. The molecular weight excluding hydrogens is 929 g/mol. The van der Waals surface area contributed by atoms with E-state index in [4.69, 9.17) is 26.6 Å². The number of hydrogen-bond donors (Lipinski definition) is 6. The summed E-state index contributed by atoms with van der Waals surface area (Å²) in [5.74, 6) is -4.05. The van der Waals surface area contributed by atoms with Crippen molar-refractivity contribution < 1.29 is 52.4 Å². The highest BCUT2D eigenvalue weighted by Crippen LogP contribution is 2.34. The van der Waals surface area contributed by atoms with Crippen LogP contribution in [0.5, 0.6) is 5.75 Å². The maximum absolute atomic E-state index is 14.2. The number of methoxy groups -OCH3 is 1. The van der Waals surface area contributed by atoms with E-state index in [1.807, 2.05) is 34.1 Å². The van der Waals surface area contributed by atoms with Crippen LogP contribution in [0.3, 0.4) is 0 Å². The van der Waals surface area contributed by atoms with E-state index in [1.165, 1.54) is 57.0 Å². The Hall–Kier alpha value is -5.16. The number of likely N-dealkylation sites (tertiary alicyclic amines) is 1. The fourth-order valence-electron chi connectivity index (χ4n) is 5.68.